The predicted octanol–water partition coefficient (Wildman–Crippen LogP) is 3.44. The molecule has 2 aromatic carbocycles. The highest BCUT2D eigenvalue weighted by molar-refractivity contribution is 5.95. The van der Waals surface area contributed by atoms with E-state index in [1.165, 1.54) is 0 Å². The molecule has 1 heterocycles. The van der Waals surface area contributed by atoms with Gasteiger partial charge in [-0.05, 0) is 54.8 Å². The Hall–Kier alpha value is -2.69. The van der Waals surface area contributed by atoms with Crippen LogP contribution in [0.1, 0.15) is 34.3 Å². The maximum absolute atomic E-state index is 13.2. The zero-order valence-electron chi connectivity index (χ0n) is 15.2. The topological polar surface area (TPSA) is 48.0 Å². The van der Waals surface area contributed by atoms with Crippen LogP contribution in [0.15, 0.2) is 36.4 Å². The quantitative estimate of drug-likeness (QED) is 0.798. The van der Waals surface area contributed by atoms with Gasteiger partial charge in [0.15, 0.2) is 0 Å². The van der Waals surface area contributed by atoms with E-state index in [-0.39, 0.29) is 5.91 Å². The Morgan fingerprint density at radius 1 is 1.15 bits per heavy atom. The lowest BCUT2D eigenvalue weighted by molar-refractivity contribution is 0.0728. The molecule has 1 saturated carbocycles. The molecule has 0 radical (unpaired) electrons. The van der Waals surface area contributed by atoms with Gasteiger partial charge in [0, 0.05) is 23.6 Å². The third kappa shape index (κ3) is 3.21. The van der Waals surface area contributed by atoms with Gasteiger partial charge in [-0.1, -0.05) is 0 Å². The molecule has 5 nitrogen and oxygen atoms in total. The van der Waals surface area contributed by atoms with Gasteiger partial charge in [-0.25, -0.2) is 0 Å². The molecule has 0 atom stereocenters. The number of amides is 1. The van der Waals surface area contributed by atoms with E-state index in [1.807, 2.05) is 41.3 Å². The minimum Gasteiger partial charge on any atom is -0.497 e. The summed E-state index contributed by atoms with van der Waals surface area (Å²) in [5.41, 5.74) is 2.80. The highest BCUT2D eigenvalue weighted by atomic mass is 16.5. The van der Waals surface area contributed by atoms with E-state index in [0.29, 0.717) is 19.2 Å². The van der Waals surface area contributed by atoms with E-state index in [1.54, 1.807) is 14.2 Å². The predicted molar refractivity (Wildman–Crippen MR) is 98.1 cm³/mol. The molecular weight excluding hydrogens is 330 g/mol. The molecule has 1 aliphatic carbocycles. The fraction of sp³-hybridized carbons (Fsp3) is 0.381. The Labute approximate surface area is 153 Å². The molecule has 1 amide bonds. The van der Waals surface area contributed by atoms with E-state index in [2.05, 4.69) is 0 Å². The lowest BCUT2D eigenvalue weighted by Crippen LogP contribution is -2.32. The van der Waals surface area contributed by atoms with Gasteiger partial charge in [0.25, 0.3) is 5.91 Å². The summed E-state index contributed by atoms with van der Waals surface area (Å²) in [4.78, 5) is 15.2. The number of fused-ring (bicyclic) bond motifs is 1. The van der Waals surface area contributed by atoms with Gasteiger partial charge >= 0.3 is 0 Å². The minimum absolute atomic E-state index is 0.0621. The second kappa shape index (κ2) is 6.90. The number of methoxy groups -OCH3 is 2. The number of ether oxygens (including phenoxy) is 3. The van der Waals surface area contributed by atoms with Crippen molar-refractivity contribution in [2.24, 2.45) is 0 Å². The smallest absolute Gasteiger partial charge is 0.254 e. The highest BCUT2D eigenvalue weighted by Crippen LogP contribution is 2.34. The van der Waals surface area contributed by atoms with Crippen LogP contribution in [0.25, 0.3) is 0 Å². The number of nitrogens with zero attached hydrogens (tertiary/aromatic N) is 1. The lowest BCUT2D eigenvalue weighted by atomic mass is 10.1. The largest absolute Gasteiger partial charge is 0.497 e. The van der Waals surface area contributed by atoms with Crippen LogP contribution in [0.4, 0.5) is 0 Å². The summed E-state index contributed by atoms with van der Waals surface area (Å²) in [6.07, 6.45) is 2.96. The van der Waals surface area contributed by atoms with Crippen molar-refractivity contribution in [3.63, 3.8) is 0 Å². The van der Waals surface area contributed by atoms with Crippen LogP contribution in [0, 0.1) is 0 Å². The molecule has 1 aliphatic heterocycles. The zero-order chi connectivity index (χ0) is 18.1. The van der Waals surface area contributed by atoms with Crippen molar-refractivity contribution in [1.82, 2.24) is 4.90 Å². The number of carbonyl (C=O) groups excluding carboxylic acids is 1. The van der Waals surface area contributed by atoms with Crippen LogP contribution in [-0.4, -0.2) is 37.7 Å². The molecule has 5 heteroatoms. The van der Waals surface area contributed by atoms with Crippen LogP contribution in [0.5, 0.6) is 17.2 Å². The van der Waals surface area contributed by atoms with Crippen LogP contribution in [0.2, 0.25) is 0 Å². The van der Waals surface area contributed by atoms with Crippen molar-refractivity contribution < 1.29 is 19.0 Å². The average molecular weight is 353 g/mol. The van der Waals surface area contributed by atoms with Crippen molar-refractivity contribution in [3.8, 4) is 17.2 Å². The van der Waals surface area contributed by atoms with Gasteiger partial charge in [-0.2, -0.15) is 0 Å². The van der Waals surface area contributed by atoms with Crippen molar-refractivity contribution in [2.45, 2.75) is 31.8 Å². The van der Waals surface area contributed by atoms with Crippen LogP contribution in [-0.2, 0) is 13.0 Å². The lowest BCUT2D eigenvalue weighted by Gasteiger charge is -2.24. The van der Waals surface area contributed by atoms with Gasteiger partial charge in [0.1, 0.15) is 17.2 Å². The molecule has 2 aromatic rings. The van der Waals surface area contributed by atoms with Crippen LogP contribution < -0.4 is 14.2 Å². The fourth-order valence-corrected chi connectivity index (χ4v) is 3.43. The third-order valence-electron chi connectivity index (χ3n) is 5.01. The Bertz CT molecular complexity index is 829. The average Bonchev–Trinajstić information content (AvgIpc) is 3.41. The van der Waals surface area contributed by atoms with Gasteiger partial charge in [-0.3, -0.25) is 4.79 Å². The van der Waals surface area contributed by atoms with Crippen molar-refractivity contribution in [3.05, 3.63) is 53.1 Å². The molecule has 26 heavy (non-hydrogen) atoms. The van der Waals surface area contributed by atoms with E-state index in [9.17, 15) is 4.79 Å². The summed E-state index contributed by atoms with van der Waals surface area (Å²) in [7, 11) is 3.29. The number of hydrogen-bond acceptors (Lipinski definition) is 4. The minimum atomic E-state index is 0.0621. The van der Waals surface area contributed by atoms with E-state index in [4.69, 9.17) is 14.2 Å². The van der Waals surface area contributed by atoms with Gasteiger partial charge < -0.3 is 19.1 Å². The monoisotopic (exact) mass is 353 g/mol. The Morgan fingerprint density at radius 3 is 2.73 bits per heavy atom. The fourth-order valence-electron chi connectivity index (χ4n) is 3.43. The second-order valence-electron chi connectivity index (χ2n) is 6.76. The molecule has 0 bridgehead atoms. The van der Waals surface area contributed by atoms with Crippen molar-refractivity contribution in [2.75, 3.05) is 20.8 Å². The van der Waals surface area contributed by atoms with Crippen molar-refractivity contribution >= 4 is 5.91 Å². The number of benzene rings is 2. The molecule has 4 rings (SSSR count). The Kier molecular flexibility index (Phi) is 4.45. The molecule has 0 saturated heterocycles. The summed E-state index contributed by atoms with van der Waals surface area (Å²) >= 11 is 0. The standard InChI is InChI=1S/C21H23NO4/c1-24-18-6-8-19(25-2)16(12-18)13-22(17-4-5-17)21(23)15-3-7-20-14(11-15)9-10-26-20/h3,6-8,11-12,17H,4-5,9-10,13H2,1-2H3. The normalized spacial score (nSPS) is 15.2. The second-order valence-corrected chi connectivity index (χ2v) is 6.76. The molecule has 0 unspecified atom stereocenters. The maximum Gasteiger partial charge on any atom is 0.254 e. The SMILES string of the molecule is COc1ccc(OC)c(CN(C(=O)c2ccc3c(c2)CCO3)C2CC2)c1. The molecule has 136 valence electrons. The van der Waals surface area contributed by atoms with Gasteiger partial charge in [0.2, 0.25) is 0 Å². The van der Waals surface area contributed by atoms with E-state index in [0.717, 1.165) is 53.2 Å². The maximum atomic E-state index is 13.2. The van der Waals surface area contributed by atoms with Crippen molar-refractivity contribution in [1.29, 1.82) is 0 Å². The Balaban J connectivity index is 1.61. The summed E-state index contributed by atoms with van der Waals surface area (Å²) in [6.45, 7) is 1.21. The van der Waals surface area contributed by atoms with E-state index >= 15 is 0 Å². The van der Waals surface area contributed by atoms with Gasteiger partial charge in [-0.15, -0.1) is 0 Å². The first-order valence-electron chi connectivity index (χ1n) is 8.97. The number of carbonyl (C=O) groups is 1. The first-order valence-corrected chi connectivity index (χ1v) is 8.97. The third-order valence-corrected chi connectivity index (χ3v) is 5.01. The van der Waals surface area contributed by atoms with Crippen LogP contribution in [0.3, 0.4) is 0 Å². The number of rotatable bonds is 6. The number of hydrogen-bond donors (Lipinski definition) is 0. The molecule has 1 fully saturated rings. The van der Waals surface area contributed by atoms with Gasteiger partial charge in [0.05, 0.1) is 27.4 Å². The first-order chi connectivity index (χ1) is 12.7. The van der Waals surface area contributed by atoms with E-state index < -0.39 is 0 Å². The molecule has 2 aliphatic rings. The molecular formula is C21H23NO4. The molecule has 0 spiro atoms. The Morgan fingerprint density at radius 2 is 2.00 bits per heavy atom. The molecule has 0 N–H and O–H groups in total. The summed E-state index contributed by atoms with van der Waals surface area (Å²) < 4.78 is 16.4. The highest BCUT2D eigenvalue weighted by Gasteiger charge is 2.34. The van der Waals surface area contributed by atoms with Crippen LogP contribution >= 0.6 is 0 Å². The summed E-state index contributed by atoms with van der Waals surface area (Å²) in [5.74, 6) is 2.49. The summed E-state index contributed by atoms with van der Waals surface area (Å²) in [6, 6.07) is 11.7. The molecule has 0 aromatic heterocycles. The zero-order valence-corrected chi connectivity index (χ0v) is 15.2. The summed E-state index contributed by atoms with van der Waals surface area (Å²) in [5, 5.41) is 0. The first kappa shape index (κ1) is 16.8.